The molecule has 0 aromatic heterocycles. The third-order valence-corrected chi connectivity index (χ3v) is 2.34. The number of carbonyl (C=O) groups is 2. The van der Waals surface area contributed by atoms with Crippen LogP contribution in [0.4, 0.5) is 4.39 Å². The predicted octanol–water partition coefficient (Wildman–Crippen LogP) is 1.93. The second-order valence-electron chi connectivity index (χ2n) is 3.83. The van der Waals surface area contributed by atoms with Crippen molar-refractivity contribution in [1.82, 2.24) is 5.32 Å². The highest BCUT2D eigenvalue weighted by atomic mass is 19.1. The first kappa shape index (κ1) is 14.2. The smallest absolute Gasteiger partial charge is 0.260 e. The van der Waals surface area contributed by atoms with Crippen molar-refractivity contribution < 1.29 is 18.7 Å². The molecule has 0 fully saturated rings. The van der Waals surface area contributed by atoms with Crippen LogP contribution in [0.1, 0.15) is 30.6 Å². The molecule has 5 heteroatoms. The van der Waals surface area contributed by atoms with E-state index in [9.17, 15) is 14.0 Å². The Morgan fingerprint density at radius 3 is 2.89 bits per heavy atom. The third kappa shape index (κ3) is 3.55. The molecule has 0 saturated carbocycles. The van der Waals surface area contributed by atoms with Crippen molar-refractivity contribution in [2.24, 2.45) is 0 Å². The standard InChI is InChI=1S/C13H16FNO3/c1-3-7-15-13(17)9(2)18-12-10(8-16)5-4-6-11(12)14/h4-6,8-9H,3,7H2,1-2H3,(H,15,17). The molecule has 1 atom stereocenters. The molecule has 0 spiro atoms. The monoisotopic (exact) mass is 253 g/mol. The average Bonchev–Trinajstić information content (AvgIpc) is 2.38. The maximum Gasteiger partial charge on any atom is 0.260 e. The van der Waals surface area contributed by atoms with Gasteiger partial charge < -0.3 is 10.1 Å². The van der Waals surface area contributed by atoms with Gasteiger partial charge in [-0.25, -0.2) is 4.39 Å². The number of benzene rings is 1. The molecule has 0 aliphatic rings. The van der Waals surface area contributed by atoms with E-state index in [0.29, 0.717) is 12.8 Å². The second kappa shape index (κ2) is 6.74. The van der Waals surface area contributed by atoms with Crippen LogP contribution < -0.4 is 10.1 Å². The van der Waals surface area contributed by atoms with Gasteiger partial charge in [-0.1, -0.05) is 13.0 Å². The number of para-hydroxylation sites is 1. The normalized spacial score (nSPS) is 11.7. The van der Waals surface area contributed by atoms with Crippen LogP contribution >= 0.6 is 0 Å². The van der Waals surface area contributed by atoms with E-state index in [1.165, 1.54) is 25.1 Å². The number of amides is 1. The van der Waals surface area contributed by atoms with E-state index in [4.69, 9.17) is 4.74 Å². The van der Waals surface area contributed by atoms with Gasteiger partial charge in [0, 0.05) is 6.54 Å². The molecule has 18 heavy (non-hydrogen) atoms. The van der Waals surface area contributed by atoms with E-state index in [1.54, 1.807) is 0 Å². The quantitative estimate of drug-likeness (QED) is 0.788. The molecule has 1 unspecified atom stereocenters. The number of ether oxygens (including phenoxy) is 1. The van der Waals surface area contributed by atoms with Gasteiger partial charge in [-0.3, -0.25) is 9.59 Å². The van der Waals surface area contributed by atoms with Crippen molar-refractivity contribution in [3.05, 3.63) is 29.6 Å². The summed E-state index contributed by atoms with van der Waals surface area (Å²) < 4.78 is 18.7. The summed E-state index contributed by atoms with van der Waals surface area (Å²) in [5.41, 5.74) is 0.0881. The van der Waals surface area contributed by atoms with Crippen molar-refractivity contribution in [2.75, 3.05) is 6.54 Å². The molecule has 1 rings (SSSR count). The molecule has 0 saturated heterocycles. The molecule has 0 aliphatic heterocycles. The van der Waals surface area contributed by atoms with E-state index in [1.807, 2.05) is 6.92 Å². The van der Waals surface area contributed by atoms with Crippen LogP contribution in [0.5, 0.6) is 5.75 Å². The molecule has 1 aromatic carbocycles. The Morgan fingerprint density at radius 2 is 2.28 bits per heavy atom. The lowest BCUT2D eigenvalue weighted by Gasteiger charge is -2.16. The number of halogens is 1. The Balaban J connectivity index is 2.78. The zero-order valence-corrected chi connectivity index (χ0v) is 10.4. The summed E-state index contributed by atoms with van der Waals surface area (Å²) in [6.07, 6.45) is 0.444. The molecule has 1 aromatic rings. The second-order valence-corrected chi connectivity index (χ2v) is 3.83. The highest BCUT2D eigenvalue weighted by Crippen LogP contribution is 2.22. The van der Waals surface area contributed by atoms with Gasteiger partial charge in [0.1, 0.15) is 0 Å². The van der Waals surface area contributed by atoms with Gasteiger partial charge in [-0.2, -0.15) is 0 Å². The average molecular weight is 253 g/mol. The van der Waals surface area contributed by atoms with E-state index >= 15 is 0 Å². The van der Waals surface area contributed by atoms with E-state index in [2.05, 4.69) is 5.32 Å². The molecule has 0 heterocycles. The zero-order valence-electron chi connectivity index (χ0n) is 10.4. The lowest BCUT2D eigenvalue weighted by molar-refractivity contribution is -0.127. The number of hydrogen-bond donors (Lipinski definition) is 1. The summed E-state index contributed by atoms with van der Waals surface area (Å²) in [4.78, 5) is 22.3. The van der Waals surface area contributed by atoms with Crippen LogP contribution in [-0.4, -0.2) is 24.8 Å². The Morgan fingerprint density at radius 1 is 1.56 bits per heavy atom. The lowest BCUT2D eigenvalue weighted by Crippen LogP contribution is -2.37. The van der Waals surface area contributed by atoms with E-state index in [-0.39, 0.29) is 17.2 Å². The van der Waals surface area contributed by atoms with Crippen molar-refractivity contribution in [2.45, 2.75) is 26.4 Å². The highest BCUT2D eigenvalue weighted by molar-refractivity contribution is 5.82. The fourth-order valence-corrected chi connectivity index (χ4v) is 1.36. The molecule has 0 radical (unpaired) electrons. The first-order valence-corrected chi connectivity index (χ1v) is 5.78. The lowest BCUT2D eigenvalue weighted by atomic mass is 10.2. The zero-order chi connectivity index (χ0) is 13.5. The van der Waals surface area contributed by atoms with Crippen LogP contribution in [0.3, 0.4) is 0 Å². The van der Waals surface area contributed by atoms with Crippen LogP contribution in [0, 0.1) is 5.82 Å². The SMILES string of the molecule is CCCNC(=O)C(C)Oc1c(F)cccc1C=O. The minimum atomic E-state index is -0.854. The Kier molecular flexibility index (Phi) is 5.30. The minimum absolute atomic E-state index is 0.0881. The molecule has 1 N–H and O–H groups in total. The van der Waals surface area contributed by atoms with Crippen molar-refractivity contribution in [3.8, 4) is 5.75 Å². The highest BCUT2D eigenvalue weighted by Gasteiger charge is 2.18. The molecule has 98 valence electrons. The largest absolute Gasteiger partial charge is 0.477 e. The summed E-state index contributed by atoms with van der Waals surface area (Å²) >= 11 is 0. The van der Waals surface area contributed by atoms with Gasteiger partial charge >= 0.3 is 0 Å². The maximum absolute atomic E-state index is 13.5. The molecular formula is C13H16FNO3. The van der Waals surface area contributed by atoms with Crippen molar-refractivity contribution >= 4 is 12.2 Å². The summed E-state index contributed by atoms with van der Waals surface area (Å²) in [5.74, 6) is -1.18. The molecule has 0 bridgehead atoms. The summed E-state index contributed by atoms with van der Waals surface area (Å²) in [6.45, 7) is 3.96. The maximum atomic E-state index is 13.5. The Bertz CT molecular complexity index is 434. The number of rotatable bonds is 6. The van der Waals surface area contributed by atoms with Gasteiger partial charge in [0.2, 0.25) is 0 Å². The van der Waals surface area contributed by atoms with Crippen molar-refractivity contribution in [1.29, 1.82) is 0 Å². The molecular weight excluding hydrogens is 237 g/mol. The third-order valence-electron chi connectivity index (χ3n) is 2.34. The number of hydrogen-bond acceptors (Lipinski definition) is 3. The molecule has 0 aliphatic carbocycles. The van der Waals surface area contributed by atoms with Crippen molar-refractivity contribution in [3.63, 3.8) is 0 Å². The van der Waals surface area contributed by atoms with Gasteiger partial charge in [0.25, 0.3) is 5.91 Å². The summed E-state index contributed by atoms with van der Waals surface area (Å²) in [7, 11) is 0. The van der Waals surface area contributed by atoms with Crippen LogP contribution in [-0.2, 0) is 4.79 Å². The fraction of sp³-hybridized carbons (Fsp3) is 0.385. The van der Waals surface area contributed by atoms with Gasteiger partial charge in [0.05, 0.1) is 5.56 Å². The van der Waals surface area contributed by atoms with E-state index < -0.39 is 11.9 Å². The predicted molar refractivity (Wildman–Crippen MR) is 65.2 cm³/mol. The van der Waals surface area contributed by atoms with Gasteiger partial charge in [0.15, 0.2) is 24.0 Å². The molecule has 1 amide bonds. The Hall–Kier alpha value is -1.91. The van der Waals surface area contributed by atoms with Crippen LogP contribution in [0.15, 0.2) is 18.2 Å². The van der Waals surface area contributed by atoms with Gasteiger partial charge in [-0.05, 0) is 25.5 Å². The first-order chi connectivity index (χ1) is 8.60. The molecule has 4 nitrogen and oxygen atoms in total. The van der Waals surface area contributed by atoms with Crippen LogP contribution in [0.2, 0.25) is 0 Å². The fourth-order valence-electron chi connectivity index (χ4n) is 1.36. The Labute approximate surface area is 105 Å². The topological polar surface area (TPSA) is 55.4 Å². The van der Waals surface area contributed by atoms with Crippen LogP contribution in [0.25, 0.3) is 0 Å². The first-order valence-electron chi connectivity index (χ1n) is 5.78. The number of carbonyl (C=O) groups excluding carboxylic acids is 2. The van der Waals surface area contributed by atoms with E-state index in [0.717, 1.165) is 6.42 Å². The number of aldehydes is 1. The summed E-state index contributed by atoms with van der Waals surface area (Å²) in [5, 5.41) is 2.63. The number of nitrogens with one attached hydrogen (secondary N) is 1. The summed E-state index contributed by atoms with van der Waals surface area (Å²) in [6, 6.07) is 4.02. The minimum Gasteiger partial charge on any atom is -0.477 e. The van der Waals surface area contributed by atoms with Gasteiger partial charge in [-0.15, -0.1) is 0 Å².